The molecule has 1 atom stereocenters. The highest BCUT2D eigenvalue weighted by molar-refractivity contribution is 7.92. The molecule has 29 heavy (non-hydrogen) atoms. The summed E-state index contributed by atoms with van der Waals surface area (Å²) in [4.78, 5) is 0.123. The van der Waals surface area contributed by atoms with Gasteiger partial charge in [-0.25, -0.2) is 8.42 Å². The van der Waals surface area contributed by atoms with Crippen LogP contribution in [-0.2, 0) is 10.0 Å². The van der Waals surface area contributed by atoms with E-state index in [1.807, 2.05) is 38.1 Å². The predicted octanol–water partition coefficient (Wildman–Crippen LogP) is 6.27. The second-order valence-corrected chi connectivity index (χ2v) is 9.30. The number of aryl methyl sites for hydroxylation is 1. The molecule has 0 aliphatic heterocycles. The molecule has 0 saturated carbocycles. The van der Waals surface area contributed by atoms with Gasteiger partial charge in [-0.05, 0) is 73.5 Å². The zero-order valence-electron chi connectivity index (χ0n) is 16.3. The Morgan fingerprint density at radius 3 is 2.28 bits per heavy atom. The molecule has 0 N–H and O–H groups in total. The van der Waals surface area contributed by atoms with Crippen LogP contribution in [-0.4, -0.2) is 15.5 Å². The maximum absolute atomic E-state index is 13.7. The van der Waals surface area contributed by atoms with Crippen LogP contribution in [0.3, 0.4) is 0 Å². The van der Waals surface area contributed by atoms with E-state index in [2.05, 4.69) is 0 Å². The molecule has 0 saturated heterocycles. The van der Waals surface area contributed by atoms with Gasteiger partial charge in [-0.2, -0.15) is 0 Å². The summed E-state index contributed by atoms with van der Waals surface area (Å²) in [5.41, 5.74) is 2.10. The van der Waals surface area contributed by atoms with Crippen molar-refractivity contribution in [3.63, 3.8) is 0 Å². The smallest absolute Gasteiger partial charge is 0.264 e. The van der Waals surface area contributed by atoms with Gasteiger partial charge >= 0.3 is 0 Å². The molecule has 0 bridgehead atoms. The largest absolute Gasteiger partial charge is 0.497 e. The Bertz CT molecular complexity index is 1120. The van der Waals surface area contributed by atoms with E-state index < -0.39 is 16.1 Å². The fourth-order valence-electron chi connectivity index (χ4n) is 3.04. The number of nitrogens with zero attached hydrogens (tertiary/aromatic N) is 1. The van der Waals surface area contributed by atoms with E-state index in [4.69, 9.17) is 27.9 Å². The lowest BCUT2D eigenvalue weighted by atomic mass is 10.1. The van der Waals surface area contributed by atoms with Crippen LogP contribution in [0.25, 0.3) is 0 Å². The lowest BCUT2D eigenvalue weighted by Crippen LogP contribution is -2.33. The normalized spacial score (nSPS) is 12.4. The number of sulfonamides is 1. The maximum Gasteiger partial charge on any atom is 0.264 e. The fraction of sp³-hybridized carbons (Fsp3) is 0.182. The Balaban J connectivity index is 2.16. The van der Waals surface area contributed by atoms with Gasteiger partial charge in [0, 0.05) is 10.0 Å². The van der Waals surface area contributed by atoms with Gasteiger partial charge in [0.1, 0.15) is 5.75 Å². The topological polar surface area (TPSA) is 46.6 Å². The summed E-state index contributed by atoms with van der Waals surface area (Å²) in [5.74, 6) is 0.654. The number of halogens is 2. The van der Waals surface area contributed by atoms with Crippen molar-refractivity contribution in [3.8, 4) is 5.75 Å². The molecule has 3 aromatic rings. The predicted molar refractivity (Wildman–Crippen MR) is 119 cm³/mol. The van der Waals surface area contributed by atoms with Gasteiger partial charge < -0.3 is 4.74 Å². The standard InChI is InChI=1S/C22H21Cl2NO3S/c1-15-7-12-21(14-22(15)24)29(26,27)25(19-10-8-18(23)9-11-19)16(2)17-5-4-6-20(13-17)28-3/h4-14,16H,1-3H3. The molecule has 0 amide bonds. The molecule has 4 nitrogen and oxygen atoms in total. The van der Waals surface area contributed by atoms with Crippen molar-refractivity contribution in [2.24, 2.45) is 0 Å². The molecule has 7 heteroatoms. The molecular formula is C22H21Cl2NO3S. The molecule has 3 rings (SSSR count). The summed E-state index contributed by atoms with van der Waals surface area (Å²) < 4.78 is 34.0. The summed E-state index contributed by atoms with van der Waals surface area (Å²) in [5, 5.41) is 0.926. The summed E-state index contributed by atoms with van der Waals surface area (Å²) in [6.45, 7) is 3.66. The van der Waals surface area contributed by atoms with E-state index in [0.717, 1.165) is 11.1 Å². The molecule has 0 aromatic heterocycles. The quantitative estimate of drug-likeness (QED) is 0.445. The molecule has 3 aromatic carbocycles. The van der Waals surface area contributed by atoms with Crippen LogP contribution in [0.15, 0.2) is 71.6 Å². The highest BCUT2D eigenvalue weighted by Gasteiger charge is 2.31. The zero-order chi connectivity index (χ0) is 21.2. The van der Waals surface area contributed by atoms with Crippen molar-refractivity contribution in [2.45, 2.75) is 24.8 Å². The first-order valence-electron chi connectivity index (χ1n) is 8.94. The second kappa shape index (κ2) is 8.66. The van der Waals surface area contributed by atoms with Gasteiger partial charge in [0.25, 0.3) is 10.0 Å². The molecule has 0 aliphatic carbocycles. The number of methoxy groups -OCH3 is 1. The number of anilines is 1. The lowest BCUT2D eigenvalue weighted by molar-refractivity contribution is 0.414. The average molecular weight is 450 g/mol. The third-order valence-corrected chi connectivity index (χ3v) is 7.26. The van der Waals surface area contributed by atoms with Crippen molar-refractivity contribution in [1.82, 2.24) is 0 Å². The van der Waals surface area contributed by atoms with Crippen LogP contribution in [0.1, 0.15) is 24.1 Å². The van der Waals surface area contributed by atoms with Crippen LogP contribution in [0.5, 0.6) is 5.75 Å². The molecule has 0 radical (unpaired) electrons. The van der Waals surface area contributed by atoms with Gasteiger partial charge in [-0.15, -0.1) is 0 Å². The van der Waals surface area contributed by atoms with Crippen molar-refractivity contribution in [1.29, 1.82) is 0 Å². The fourth-order valence-corrected chi connectivity index (χ4v) is 5.09. The summed E-state index contributed by atoms with van der Waals surface area (Å²) in [6, 6.07) is 18.3. The Labute approximate surface area is 181 Å². The lowest BCUT2D eigenvalue weighted by Gasteiger charge is -2.31. The van der Waals surface area contributed by atoms with Gasteiger partial charge in [0.2, 0.25) is 0 Å². The highest BCUT2D eigenvalue weighted by atomic mass is 35.5. The van der Waals surface area contributed by atoms with Crippen molar-refractivity contribution >= 4 is 38.9 Å². The first kappa shape index (κ1) is 21.5. The molecule has 1 unspecified atom stereocenters. The van der Waals surface area contributed by atoms with Gasteiger partial charge in [0.15, 0.2) is 0 Å². The SMILES string of the molecule is COc1cccc(C(C)N(c2ccc(Cl)cc2)S(=O)(=O)c2ccc(C)c(Cl)c2)c1. The minimum atomic E-state index is -3.91. The van der Waals surface area contributed by atoms with Crippen molar-refractivity contribution in [3.05, 3.63) is 87.9 Å². The van der Waals surface area contributed by atoms with Crippen molar-refractivity contribution < 1.29 is 13.2 Å². The van der Waals surface area contributed by atoms with Crippen LogP contribution >= 0.6 is 23.2 Å². The van der Waals surface area contributed by atoms with E-state index in [9.17, 15) is 8.42 Å². The zero-order valence-corrected chi connectivity index (χ0v) is 18.6. The van der Waals surface area contributed by atoms with Crippen LogP contribution in [0.2, 0.25) is 10.0 Å². The first-order valence-corrected chi connectivity index (χ1v) is 11.1. The molecule has 152 valence electrons. The summed E-state index contributed by atoms with van der Waals surface area (Å²) in [7, 11) is -2.33. The van der Waals surface area contributed by atoms with E-state index in [0.29, 0.717) is 21.5 Å². The third-order valence-electron chi connectivity index (χ3n) is 4.71. The molecule has 0 aliphatic rings. The molecule has 0 spiro atoms. The van der Waals surface area contributed by atoms with Crippen LogP contribution in [0, 0.1) is 6.92 Å². The monoisotopic (exact) mass is 449 g/mol. The number of ether oxygens (including phenoxy) is 1. The molecular weight excluding hydrogens is 429 g/mol. The highest BCUT2D eigenvalue weighted by Crippen LogP contribution is 2.35. The molecule has 0 fully saturated rings. The minimum absolute atomic E-state index is 0.123. The minimum Gasteiger partial charge on any atom is -0.497 e. The van der Waals surface area contributed by atoms with Crippen LogP contribution < -0.4 is 9.04 Å². The van der Waals surface area contributed by atoms with Gasteiger partial charge in [-0.3, -0.25) is 4.31 Å². The van der Waals surface area contributed by atoms with E-state index in [1.165, 1.54) is 10.4 Å². The Morgan fingerprint density at radius 2 is 1.66 bits per heavy atom. The maximum atomic E-state index is 13.7. The first-order chi connectivity index (χ1) is 13.7. The Morgan fingerprint density at radius 1 is 0.966 bits per heavy atom. The van der Waals surface area contributed by atoms with Crippen LogP contribution in [0.4, 0.5) is 5.69 Å². The summed E-state index contributed by atoms with van der Waals surface area (Å²) in [6.07, 6.45) is 0. The number of hydrogen-bond acceptors (Lipinski definition) is 3. The van der Waals surface area contributed by atoms with E-state index in [1.54, 1.807) is 43.5 Å². The second-order valence-electron chi connectivity index (χ2n) is 6.64. The van der Waals surface area contributed by atoms with E-state index >= 15 is 0 Å². The van der Waals surface area contributed by atoms with Gasteiger partial charge in [-0.1, -0.05) is 41.4 Å². The van der Waals surface area contributed by atoms with Gasteiger partial charge in [0.05, 0.1) is 23.7 Å². The third kappa shape index (κ3) is 4.53. The Kier molecular flexibility index (Phi) is 6.42. The number of rotatable bonds is 6. The average Bonchev–Trinajstić information content (AvgIpc) is 2.71. The Hall–Kier alpha value is -2.21. The number of hydrogen-bond donors (Lipinski definition) is 0. The summed E-state index contributed by atoms with van der Waals surface area (Å²) >= 11 is 12.2. The number of benzene rings is 3. The van der Waals surface area contributed by atoms with E-state index in [-0.39, 0.29) is 4.90 Å². The van der Waals surface area contributed by atoms with Crippen molar-refractivity contribution in [2.75, 3.05) is 11.4 Å². The molecule has 0 heterocycles.